The van der Waals surface area contributed by atoms with Gasteiger partial charge < -0.3 is 9.90 Å². The van der Waals surface area contributed by atoms with Gasteiger partial charge in [0.15, 0.2) is 0 Å². The van der Waals surface area contributed by atoms with E-state index >= 15 is 0 Å². The number of carbonyl (C=O) groups is 1. The van der Waals surface area contributed by atoms with E-state index in [4.69, 9.17) is 9.90 Å². The highest BCUT2D eigenvalue weighted by Gasteiger charge is 2.12. The highest BCUT2D eigenvalue weighted by Crippen LogP contribution is 2.23. The summed E-state index contributed by atoms with van der Waals surface area (Å²) in [6.07, 6.45) is 1.72. The normalized spacial score (nSPS) is 9.11. The van der Waals surface area contributed by atoms with Crippen LogP contribution in [0.1, 0.15) is 33.3 Å². The minimum Gasteiger partial charge on any atom is -0.508 e. The zero-order valence-corrected chi connectivity index (χ0v) is 11.9. The molecule has 100 valence electrons. The summed E-state index contributed by atoms with van der Waals surface area (Å²) >= 11 is 0. The van der Waals surface area contributed by atoms with Crippen LogP contribution >= 0.6 is 0 Å². The molecule has 1 N–H and O–H groups in total. The average Bonchev–Trinajstić information content (AvgIpc) is 2.32. The van der Waals surface area contributed by atoms with Crippen LogP contribution in [0, 0.1) is 0 Å². The Morgan fingerprint density at radius 3 is 1.72 bits per heavy atom. The molecule has 0 spiro atoms. The molecule has 0 radical (unpaired) electrons. The lowest BCUT2D eigenvalue weighted by Crippen LogP contribution is -2.10. The zero-order valence-electron chi connectivity index (χ0n) is 11.9. The molecule has 0 atom stereocenters. The van der Waals surface area contributed by atoms with E-state index in [1.165, 1.54) is 5.56 Å². The first-order valence-electron chi connectivity index (χ1n) is 5.63. The highest BCUT2D eigenvalue weighted by atomic mass is 16.3. The summed E-state index contributed by atoms with van der Waals surface area (Å²) < 4.78 is 0. The number of rotatable bonds is 1. The Hall–Kier alpha value is -1.83. The Morgan fingerprint density at radius 1 is 1.17 bits per heavy atom. The number of phenolic OH excluding ortho intramolecular Hbond substituents is 1. The van der Waals surface area contributed by atoms with Crippen LogP contribution in [0.3, 0.4) is 0 Å². The van der Waals surface area contributed by atoms with E-state index < -0.39 is 0 Å². The van der Waals surface area contributed by atoms with E-state index in [0.29, 0.717) is 5.75 Å². The van der Waals surface area contributed by atoms with Crippen molar-refractivity contribution in [1.29, 1.82) is 0 Å². The Bertz CT molecular complexity index is 356. The minimum absolute atomic E-state index is 0.174. The van der Waals surface area contributed by atoms with Crippen LogP contribution in [0.2, 0.25) is 0 Å². The predicted octanol–water partition coefficient (Wildman–Crippen LogP) is 4.25. The monoisotopic (exact) mass is 248 g/mol. The molecule has 1 aromatic carbocycles. The second-order valence-electron chi connectivity index (χ2n) is 4.85. The van der Waals surface area contributed by atoms with Crippen LogP contribution in [0.4, 0.5) is 0 Å². The van der Waals surface area contributed by atoms with Crippen molar-refractivity contribution >= 4 is 6.79 Å². The fraction of sp³-hybridized carbons (Fsp3) is 0.312. The molecule has 2 heteroatoms. The Kier molecular flexibility index (Phi) is 9.50. The topological polar surface area (TPSA) is 37.3 Å². The van der Waals surface area contributed by atoms with Crippen molar-refractivity contribution in [2.45, 2.75) is 33.1 Å². The molecule has 0 amide bonds. The van der Waals surface area contributed by atoms with E-state index in [-0.39, 0.29) is 5.41 Å². The largest absolute Gasteiger partial charge is 0.508 e. The summed E-state index contributed by atoms with van der Waals surface area (Å²) in [6.45, 7) is 17.4. The third-order valence-electron chi connectivity index (χ3n) is 2.08. The maximum Gasteiger partial charge on any atom is 0.115 e. The second-order valence-corrected chi connectivity index (χ2v) is 4.85. The van der Waals surface area contributed by atoms with Crippen molar-refractivity contribution in [3.05, 3.63) is 54.6 Å². The lowest BCUT2D eigenvalue weighted by molar-refractivity contribution is -0.0979. The second kappa shape index (κ2) is 9.23. The number of carbonyl (C=O) groups excluding carboxylic acids is 1. The maximum atomic E-state index is 9.02. The lowest BCUT2D eigenvalue weighted by Gasteiger charge is -2.18. The van der Waals surface area contributed by atoms with Gasteiger partial charge in [-0.05, 0) is 30.0 Å². The van der Waals surface area contributed by atoms with E-state index in [1.807, 2.05) is 25.8 Å². The quantitative estimate of drug-likeness (QED) is 0.754. The molecular formula is C16H24O2. The highest BCUT2D eigenvalue weighted by molar-refractivity contribution is 5.29. The van der Waals surface area contributed by atoms with Crippen LogP contribution in [0.25, 0.3) is 0 Å². The molecule has 0 saturated carbocycles. The van der Waals surface area contributed by atoms with Gasteiger partial charge in [0.05, 0.1) is 0 Å². The molecule has 0 unspecified atom stereocenters. The molecule has 0 aliphatic heterocycles. The summed E-state index contributed by atoms with van der Waals surface area (Å²) in [6, 6.07) is 7.35. The van der Waals surface area contributed by atoms with Crippen molar-refractivity contribution in [1.82, 2.24) is 0 Å². The van der Waals surface area contributed by atoms with Crippen molar-refractivity contribution in [3.63, 3.8) is 0 Å². The third-order valence-corrected chi connectivity index (χ3v) is 2.08. The summed E-state index contributed by atoms with van der Waals surface area (Å²) in [5.74, 6) is 0.331. The van der Waals surface area contributed by atoms with Gasteiger partial charge >= 0.3 is 0 Å². The van der Waals surface area contributed by atoms with E-state index in [1.54, 1.807) is 18.2 Å². The molecule has 0 aromatic heterocycles. The van der Waals surface area contributed by atoms with Crippen molar-refractivity contribution in [2.24, 2.45) is 0 Å². The summed E-state index contributed by atoms with van der Waals surface area (Å²) in [5.41, 5.74) is 2.44. The Balaban J connectivity index is 0. The molecule has 0 saturated heterocycles. The van der Waals surface area contributed by atoms with Crippen LogP contribution in [-0.4, -0.2) is 11.9 Å². The van der Waals surface area contributed by atoms with Crippen molar-refractivity contribution in [3.8, 4) is 5.75 Å². The zero-order chi connectivity index (χ0) is 14.8. The Morgan fingerprint density at radius 2 is 1.50 bits per heavy atom. The van der Waals surface area contributed by atoms with Gasteiger partial charge in [-0.15, -0.1) is 0 Å². The number of allylic oxidation sites excluding steroid dienone is 2. The SMILES string of the molecule is C=CC(=C)C.C=O.CC(C)(C)c1ccc(O)cc1. The number of phenols is 1. The van der Waals surface area contributed by atoms with Gasteiger partial charge in [0.1, 0.15) is 12.5 Å². The molecular weight excluding hydrogens is 224 g/mol. The minimum atomic E-state index is 0.174. The van der Waals surface area contributed by atoms with E-state index in [0.717, 1.165) is 5.57 Å². The number of hydrogen-bond donors (Lipinski definition) is 1. The fourth-order valence-corrected chi connectivity index (χ4v) is 0.961. The summed E-state index contributed by atoms with van der Waals surface area (Å²) in [5, 5.41) is 9.02. The molecule has 0 aliphatic carbocycles. The molecule has 1 aromatic rings. The van der Waals surface area contributed by atoms with Crippen molar-refractivity contribution < 1.29 is 9.90 Å². The van der Waals surface area contributed by atoms with Gasteiger partial charge in [0, 0.05) is 0 Å². The van der Waals surface area contributed by atoms with Gasteiger partial charge in [0.2, 0.25) is 0 Å². The van der Waals surface area contributed by atoms with Crippen LogP contribution in [-0.2, 0) is 10.2 Å². The smallest absolute Gasteiger partial charge is 0.115 e. The number of aromatic hydroxyl groups is 1. The van der Waals surface area contributed by atoms with Gasteiger partial charge in [-0.1, -0.05) is 57.7 Å². The van der Waals surface area contributed by atoms with Crippen LogP contribution in [0.5, 0.6) is 5.75 Å². The van der Waals surface area contributed by atoms with E-state index in [9.17, 15) is 0 Å². The predicted molar refractivity (Wildman–Crippen MR) is 78.9 cm³/mol. The molecule has 0 heterocycles. The first kappa shape index (κ1) is 18.5. The molecule has 1 rings (SSSR count). The molecule has 2 nitrogen and oxygen atoms in total. The number of benzene rings is 1. The molecule has 18 heavy (non-hydrogen) atoms. The molecule has 0 fully saturated rings. The summed E-state index contributed by atoms with van der Waals surface area (Å²) in [4.78, 5) is 8.00. The van der Waals surface area contributed by atoms with Gasteiger partial charge in [-0.3, -0.25) is 0 Å². The van der Waals surface area contributed by atoms with Gasteiger partial charge in [-0.25, -0.2) is 0 Å². The van der Waals surface area contributed by atoms with Crippen LogP contribution in [0.15, 0.2) is 49.1 Å². The molecule has 0 bridgehead atoms. The van der Waals surface area contributed by atoms with Gasteiger partial charge in [-0.2, -0.15) is 0 Å². The third kappa shape index (κ3) is 9.40. The lowest BCUT2D eigenvalue weighted by atomic mass is 9.87. The maximum absolute atomic E-state index is 9.02. The van der Waals surface area contributed by atoms with Gasteiger partial charge in [0.25, 0.3) is 0 Å². The Labute approximate surface area is 111 Å². The van der Waals surface area contributed by atoms with E-state index in [2.05, 4.69) is 33.9 Å². The first-order chi connectivity index (χ1) is 8.27. The van der Waals surface area contributed by atoms with Crippen molar-refractivity contribution in [2.75, 3.05) is 0 Å². The fourth-order valence-electron chi connectivity index (χ4n) is 0.961. The standard InChI is InChI=1S/C10H14O.C5H8.CH2O/c1-10(2,3)8-4-6-9(11)7-5-8;1-4-5(2)3;1-2/h4-7,11H,1-3H3;4H,1-2H2,3H3;1H2. The summed E-state index contributed by atoms with van der Waals surface area (Å²) in [7, 11) is 0. The first-order valence-corrected chi connectivity index (χ1v) is 5.63. The number of hydrogen-bond acceptors (Lipinski definition) is 2. The molecule has 0 aliphatic rings. The van der Waals surface area contributed by atoms with Crippen LogP contribution < -0.4 is 0 Å². The average molecular weight is 248 g/mol.